The van der Waals surface area contributed by atoms with Gasteiger partial charge in [0, 0.05) is 18.2 Å². The van der Waals surface area contributed by atoms with Gasteiger partial charge < -0.3 is 10.5 Å². The first-order valence-corrected chi connectivity index (χ1v) is 7.28. The summed E-state index contributed by atoms with van der Waals surface area (Å²) in [5.41, 5.74) is 3.66. The summed E-state index contributed by atoms with van der Waals surface area (Å²) in [6.45, 7) is 3.05. The predicted octanol–water partition coefficient (Wildman–Crippen LogP) is 1.18. The molecule has 0 radical (unpaired) electrons. The van der Waals surface area contributed by atoms with Crippen molar-refractivity contribution in [2.24, 2.45) is 5.73 Å². The monoisotopic (exact) mass is 357 g/mol. The summed E-state index contributed by atoms with van der Waals surface area (Å²) in [4.78, 5) is 9.38. The van der Waals surface area contributed by atoms with Crippen LogP contribution < -0.4 is 15.2 Å². The fraction of sp³-hybridized carbons (Fsp3) is 0.455. The second kappa shape index (κ2) is 7.18. The van der Waals surface area contributed by atoms with Crippen LogP contribution in [-0.4, -0.2) is 32.5 Å². The van der Waals surface area contributed by atoms with Crippen molar-refractivity contribution < 1.29 is 22.5 Å². The summed E-state index contributed by atoms with van der Waals surface area (Å²) in [5.74, 6) is -1.77. The van der Waals surface area contributed by atoms with Crippen LogP contribution in [0.25, 0.3) is 0 Å². The van der Waals surface area contributed by atoms with Gasteiger partial charge in [-0.2, -0.15) is 0 Å². The Balaban J connectivity index is 0.00000441. The quantitative estimate of drug-likeness (QED) is 0.581. The Kier molecular flexibility index (Phi) is 6.69. The third-order valence-corrected chi connectivity index (χ3v) is 4.31. The molecule has 0 aliphatic rings. The van der Waals surface area contributed by atoms with Crippen LogP contribution in [0.5, 0.6) is 5.75 Å². The zero-order valence-electron chi connectivity index (χ0n) is 12.1. The van der Waals surface area contributed by atoms with Crippen LogP contribution >= 0.6 is 12.4 Å². The van der Waals surface area contributed by atoms with E-state index in [9.17, 15) is 22.9 Å². The Hall–Kier alpha value is -1.49. The summed E-state index contributed by atoms with van der Waals surface area (Å²) in [6.07, 6.45) is 0. The number of sulfonamides is 1. The molecule has 0 fully saturated rings. The van der Waals surface area contributed by atoms with E-state index in [2.05, 4.69) is 9.46 Å². The van der Waals surface area contributed by atoms with Crippen molar-refractivity contribution in [3.05, 3.63) is 28.1 Å². The number of nitrogens with zero attached hydrogens (tertiary/aromatic N) is 1. The Morgan fingerprint density at radius 2 is 2.00 bits per heavy atom. The molecule has 0 aliphatic carbocycles. The first-order chi connectivity index (χ1) is 9.54. The SMILES string of the molecule is COc1c(F)cc(S(=O)(=O)NC(C)(C)CN)cc1[N+](=O)[O-].Cl. The minimum atomic E-state index is -4.16. The van der Waals surface area contributed by atoms with Gasteiger partial charge >= 0.3 is 5.69 Å². The molecule has 1 aromatic carbocycles. The molecule has 1 aromatic rings. The highest BCUT2D eigenvalue weighted by atomic mass is 35.5. The van der Waals surface area contributed by atoms with Gasteiger partial charge in [0.15, 0.2) is 5.82 Å². The van der Waals surface area contributed by atoms with Crippen molar-refractivity contribution in [1.29, 1.82) is 0 Å². The normalized spacial score (nSPS) is 11.7. The van der Waals surface area contributed by atoms with Crippen molar-refractivity contribution in [3.8, 4) is 5.75 Å². The summed E-state index contributed by atoms with van der Waals surface area (Å²) < 4.78 is 44.9. The lowest BCUT2D eigenvalue weighted by molar-refractivity contribution is -0.386. The molecule has 0 atom stereocenters. The van der Waals surface area contributed by atoms with Crippen molar-refractivity contribution in [2.45, 2.75) is 24.3 Å². The van der Waals surface area contributed by atoms with Crippen LogP contribution in [-0.2, 0) is 10.0 Å². The molecular weight excluding hydrogens is 341 g/mol. The molecular formula is C11H17ClFN3O5S. The van der Waals surface area contributed by atoms with Crippen LogP contribution in [0.2, 0.25) is 0 Å². The number of benzene rings is 1. The molecule has 0 aliphatic heterocycles. The van der Waals surface area contributed by atoms with Crippen LogP contribution in [0.3, 0.4) is 0 Å². The van der Waals surface area contributed by atoms with E-state index in [0.717, 1.165) is 13.2 Å². The Morgan fingerprint density at radius 1 is 1.45 bits per heavy atom. The fourth-order valence-corrected chi connectivity index (χ4v) is 2.97. The Labute approximate surface area is 133 Å². The lowest BCUT2D eigenvalue weighted by Crippen LogP contribution is -2.48. The summed E-state index contributed by atoms with van der Waals surface area (Å²) >= 11 is 0. The average Bonchev–Trinajstić information content (AvgIpc) is 2.36. The van der Waals surface area contributed by atoms with Gasteiger partial charge in [-0.1, -0.05) is 0 Å². The van der Waals surface area contributed by atoms with Crippen LogP contribution in [0.1, 0.15) is 13.8 Å². The van der Waals surface area contributed by atoms with Gasteiger partial charge in [0.1, 0.15) is 0 Å². The molecule has 11 heteroatoms. The second-order valence-electron chi connectivity index (χ2n) is 4.91. The van der Waals surface area contributed by atoms with Gasteiger partial charge in [-0.15, -0.1) is 12.4 Å². The molecule has 0 unspecified atom stereocenters. The molecule has 0 bridgehead atoms. The third kappa shape index (κ3) is 4.50. The fourth-order valence-electron chi connectivity index (χ4n) is 1.51. The van der Waals surface area contributed by atoms with E-state index in [1.165, 1.54) is 13.8 Å². The number of nitrogens with one attached hydrogen (secondary N) is 1. The third-order valence-electron chi connectivity index (χ3n) is 2.63. The first kappa shape index (κ1) is 20.5. The molecule has 0 amide bonds. The van der Waals surface area contributed by atoms with Gasteiger partial charge in [0.25, 0.3) is 0 Å². The number of rotatable bonds is 6. The summed E-state index contributed by atoms with van der Waals surface area (Å²) in [7, 11) is -3.11. The summed E-state index contributed by atoms with van der Waals surface area (Å²) in [5, 5.41) is 10.9. The molecule has 22 heavy (non-hydrogen) atoms. The summed E-state index contributed by atoms with van der Waals surface area (Å²) in [6, 6.07) is 1.39. The molecule has 0 heterocycles. The van der Waals surface area contributed by atoms with Gasteiger partial charge in [0.2, 0.25) is 15.8 Å². The number of halogens is 2. The maximum atomic E-state index is 13.8. The van der Waals surface area contributed by atoms with E-state index >= 15 is 0 Å². The lowest BCUT2D eigenvalue weighted by atomic mass is 10.1. The van der Waals surface area contributed by atoms with E-state index in [0.29, 0.717) is 6.07 Å². The molecule has 0 saturated heterocycles. The highest BCUT2D eigenvalue weighted by Crippen LogP contribution is 2.32. The van der Waals surface area contributed by atoms with Crippen molar-refractivity contribution in [3.63, 3.8) is 0 Å². The van der Waals surface area contributed by atoms with E-state index < -0.39 is 42.6 Å². The Bertz CT molecular complexity index is 666. The van der Waals surface area contributed by atoms with Gasteiger partial charge in [-0.05, 0) is 19.9 Å². The number of methoxy groups -OCH3 is 1. The molecule has 1 rings (SSSR count). The lowest BCUT2D eigenvalue weighted by Gasteiger charge is -2.23. The molecule has 0 aromatic heterocycles. The van der Waals surface area contributed by atoms with Crippen LogP contribution in [0.4, 0.5) is 10.1 Å². The number of nitrogens with two attached hydrogens (primary N) is 1. The minimum Gasteiger partial charge on any atom is -0.488 e. The maximum absolute atomic E-state index is 13.8. The maximum Gasteiger partial charge on any atom is 0.315 e. The van der Waals surface area contributed by atoms with Crippen molar-refractivity contribution in [1.82, 2.24) is 4.72 Å². The minimum absolute atomic E-state index is 0. The van der Waals surface area contributed by atoms with Gasteiger partial charge in [0.05, 0.1) is 16.9 Å². The molecule has 0 spiro atoms. The standard InChI is InChI=1S/C11H16FN3O5S.ClH/c1-11(2,6-13)14-21(18,19)7-4-8(12)10(20-3)9(5-7)15(16)17;/h4-5,14H,6,13H2,1-3H3;1H. The van der Waals surface area contributed by atoms with Gasteiger partial charge in [-0.25, -0.2) is 17.5 Å². The van der Waals surface area contributed by atoms with E-state index in [1.54, 1.807) is 0 Å². The number of nitro benzene ring substituents is 1. The van der Waals surface area contributed by atoms with E-state index in [1.807, 2.05) is 0 Å². The molecule has 126 valence electrons. The zero-order chi connectivity index (χ0) is 16.4. The highest BCUT2D eigenvalue weighted by Gasteiger charge is 2.29. The van der Waals surface area contributed by atoms with E-state index in [-0.39, 0.29) is 19.0 Å². The predicted molar refractivity (Wildman–Crippen MR) is 80.3 cm³/mol. The van der Waals surface area contributed by atoms with Crippen LogP contribution in [0, 0.1) is 15.9 Å². The number of nitro groups is 1. The molecule has 0 saturated carbocycles. The average molecular weight is 358 g/mol. The van der Waals surface area contributed by atoms with E-state index in [4.69, 9.17) is 5.73 Å². The number of hydrogen-bond acceptors (Lipinski definition) is 6. The van der Waals surface area contributed by atoms with Gasteiger partial charge in [-0.3, -0.25) is 10.1 Å². The highest BCUT2D eigenvalue weighted by molar-refractivity contribution is 7.89. The van der Waals surface area contributed by atoms with Crippen molar-refractivity contribution >= 4 is 28.1 Å². The second-order valence-corrected chi connectivity index (χ2v) is 6.59. The molecule has 8 nitrogen and oxygen atoms in total. The molecule has 3 N–H and O–H groups in total. The zero-order valence-corrected chi connectivity index (χ0v) is 13.8. The van der Waals surface area contributed by atoms with Crippen molar-refractivity contribution in [2.75, 3.05) is 13.7 Å². The smallest absolute Gasteiger partial charge is 0.315 e. The largest absolute Gasteiger partial charge is 0.488 e. The number of ether oxygens (including phenoxy) is 1. The Morgan fingerprint density at radius 3 is 2.41 bits per heavy atom. The first-order valence-electron chi connectivity index (χ1n) is 5.80. The topological polar surface area (TPSA) is 125 Å². The van der Waals surface area contributed by atoms with Crippen LogP contribution in [0.15, 0.2) is 17.0 Å². The number of hydrogen-bond donors (Lipinski definition) is 2.